The number of hydrogen-bond donors (Lipinski definition) is 2. The number of alkyl halides is 5. The molecule has 0 aliphatic carbocycles. The molecule has 0 bridgehead atoms. The Morgan fingerprint density at radius 1 is 1.00 bits per heavy atom. The standard InChI is InChI=1S/C22H25F5N4O3/c1-20(2,3)19(33)29-10-8-16-15(5-4-9-28-16)18(32)31-12-14-6-7-17(30-11-14)34-13-21(23,24)22(25,26)27/h4-7,9,11H,8,10,12-13H2,1-3H3,(H,29,33)(H,31,32). The van der Waals surface area contributed by atoms with Crippen LogP contribution in [0.15, 0.2) is 36.7 Å². The third-order valence-corrected chi connectivity index (χ3v) is 4.53. The number of aromatic nitrogens is 2. The van der Waals surface area contributed by atoms with Crippen LogP contribution in [0.4, 0.5) is 22.0 Å². The minimum Gasteiger partial charge on any atom is -0.471 e. The van der Waals surface area contributed by atoms with Crippen molar-refractivity contribution in [2.24, 2.45) is 5.41 Å². The summed E-state index contributed by atoms with van der Waals surface area (Å²) >= 11 is 0. The van der Waals surface area contributed by atoms with Gasteiger partial charge in [-0.15, -0.1) is 0 Å². The highest BCUT2D eigenvalue weighted by Gasteiger charge is 2.58. The van der Waals surface area contributed by atoms with Crippen molar-refractivity contribution in [3.05, 3.63) is 53.5 Å². The monoisotopic (exact) mass is 488 g/mol. The maximum Gasteiger partial charge on any atom is 0.456 e. The minimum absolute atomic E-state index is 0.0138. The highest BCUT2D eigenvalue weighted by atomic mass is 19.4. The van der Waals surface area contributed by atoms with Crippen LogP contribution in [0, 0.1) is 5.41 Å². The molecule has 2 heterocycles. The van der Waals surface area contributed by atoms with E-state index in [0.29, 0.717) is 29.8 Å². The first-order valence-corrected chi connectivity index (χ1v) is 10.2. The average Bonchev–Trinajstić information content (AvgIpc) is 2.75. The molecule has 34 heavy (non-hydrogen) atoms. The number of carbonyl (C=O) groups excluding carboxylic acids is 2. The van der Waals surface area contributed by atoms with E-state index in [1.165, 1.54) is 18.5 Å². The number of ether oxygens (including phenoxy) is 1. The summed E-state index contributed by atoms with van der Waals surface area (Å²) in [6.07, 6.45) is -2.67. The van der Waals surface area contributed by atoms with Gasteiger partial charge in [-0.2, -0.15) is 22.0 Å². The highest BCUT2D eigenvalue weighted by Crippen LogP contribution is 2.35. The van der Waals surface area contributed by atoms with Crippen molar-refractivity contribution in [3.63, 3.8) is 0 Å². The molecular formula is C22H25F5N4O3. The van der Waals surface area contributed by atoms with E-state index in [0.717, 1.165) is 6.07 Å². The molecule has 12 heteroatoms. The van der Waals surface area contributed by atoms with Gasteiger partial charge in [-0.05, 0) is 17.7 Å². The fourth-order valence-electron chi connectivity index (χ4n) is 2.53. The van der Waals surface area contributed by atoms with Crippen molar-refractivity contribution in [2.45, 2.75) is 45.8 Å². The topological polar surface area (TPSA) is 93.2 Å². The molecule has 0 aliphatic heterocycles. The number of carbonyl (C=O) groups is 2. The summed E-state index contributed by atoms with van der Waals surface area (Å²) in [4.78, 5) is 32.5. The fraction of sp³-hybridized carbons (Fsp3) is 0.455. The molecule has 0 saturated heterocycles. The number of halogens is 5. The Morgan fingerprint density at radius 2 is 1.71 bits per heavy atom. The van der Waals surface area contributed by atoms with Crippen LogP contribution >= 0.6 is 0 Å². The Morgan fingerprint density at radius 3 is 2.29 bits per heavy atom. The van der Waals surface area contributed by atoms with Gasteiger partial charge in [0.1, 0.15) is 0 Å². The van der Waals surface area contributed by atoms with Gasteiger partial charge in [-0.1, -0.05) is 26.8 Å². The normalized spacial score (nSPS) is 12.2. The van der Waals surface area contributed by atoms with Crippen molar-refractivity contribution in [2.75, 3.05) is 13.2 Å². The first-order valence-electron chi connectivity index (χ1n) is 10.2. The summed E-state index contributed by atoms with van der Waals surface area (Å²) in [7, 11) is 0. The molecule has 0 aromatic carbocycles. The van der Waals surface area contributed by atoms with Gasteiger partial charge in [0, 0.05) is 43.4 Å². The summed E-state index contributed by atoms with van der Waals surface area (Å²) in [5.74, 6) is -5.98. The van der Waals surface area contributed by atoms with Gasteiger partial charge >= 0.3 is 12.1 Å². The fourth-order valence-corrected chi connectivity index (χ4v) is 2.53. The second kappa shape index (κ2) is 10.7. The SMILES string of the molecule is CC(C)(C)C(=O)NCCc1ncccc1C(=O)NCc1ccc(OCC(F)(F)C(F)(F)F)nc1. The minimum atomic E-state index is -5.72. The summed E-state index contributed by atoms with van der Waals surface area (Å²) in [5, 5.41) is 5.45. The van der Waals surface area contributed by atoms with Crippen molar-refractivity contribution >= 4 is 11.8 Å². The second-order valence-electron chi connectivity index (χ2n) is 8.43. The molecule has 0 spiro atoms. The van der Waals surface area contributed by atoms with Crippen LogP contribution in [0.1, 0.15) is 42.4 Å². The van der Waals surface area contributed by atoms with E-state index < -0.39 is 35.9 Å². The number of amides is 2. The van der Waals surface area contributed by atoms with Crippen LogP contribution in [-0.2, 0) is 17.8 Å². The van der Waals surface area contributed by atoms with Gasteiger partial charge in [-0.25, -0.2) is 4.98 Å². The van der Waals surface area contributed by atoms with E-state index in [1.807, 2.05) is 0 Å². The average molecular weight is 488 g/mol. The van der Waals surface area contributed by atoms with Crippen molar-refractivity contribution < 1.29 is 36.3 Å². The number of nitrogens with one attached hydrogen (secondary N) is 2. The third-order valence-electron chi connectivity index (χ3n) is 4.53. The zero-order chi connectivity index (χ0) is 25.6. The number of hydrogen-bond acceptors (Lipinski definition) is 5. The third kappa shape index (κ3) is 7.63. The van der Waals surface area contributed by atoms with Crippen LogP contribution in [-0.4, -0.2) is 47.0 Å². The molecule has 0 atom stereocenters. The lowest BCUT2D eigenvalue weighted by molar-refractivity contribution is -0.290. The van der Waals surface area contributed by atoms with Crippen LogP contribution in [0.3, 0.4) is 0 Å². The summed E-state index contributed by atoms with van der Waals surface area (Å²) in [6.45, 7) is 3.78. The molecule has 2 amide bonds. The number of rotatable bonds is 9. The lowest BCUT2D eigenvalue weighted by Crippen LogP contribution is -2.41. The van der Waals surface area contributed by atoms with Gasteiger partial charge in [0.25, 0.3) is 5.91 Å². The number of nitrogens with zero attached hydrogens (tertiary/aromatic N) is 2. The van der Waals surface area contributed by atoms with E-state index in [1.54, 1.807) is 32.9 Å². The quantitative estimate of drug-likeness (QED) is 0.526. The molecule has 0 saturated carbocycles. The smallest absolute Gasteiger partial charge is 0.456 e. The first-order chi connectivity index (χ1) is 15.7. The lowest BCUT2D eigenvalue weighted by atomic mass is 9.95. The molecule has 0 radical (unpaired) electrons. The second-order valence-corrected chi connectivity index (χ2v) is 8.43. The van der Waals surface area contributed by atoms with Gasteiger partial charge in [0.05, 0.1) is 11.3 Å². The molecule has 0 unspecified atom stereocenters. The first kappa shape index (κ1) is 26.9. The Balaban J connectivity index is 1.91. The molecule has 2 aromatic heterocycles. The Kier molecular flexibility index (Phi) is 8.51. The molecule has 2 aromatic rings. The predicted octanol–water partition coefficient (Wildman–Crippen LogP) is 3.69. The van der Waals surface area contributed by atoms with Crippen molar-refractivity contribution in [3.8, 4) is 5.88 Å². The van der Waals surface area contributed by atoms with Crippen LogP contribution < -0.4 is 15.4 Å². The molecule has 7 nitrogen and oxygen atoms in total. The van der Waals surface area contributed by atoms with Gasteiger partial charge in [0.15, 0.2) is 6.61 Å². The van der Waals surface area contributed by atoms with E-state index in [9.17, 15) is 31.5 Å². The highest BCUT2D eigenvalue weighted by molar-refractivity contribution is 5.95. The predicted molar refractivity (Wildman–Crippen MR) is 112 cm³/mol. The maximum atomic E-state index is 12.9. The summed E-state index contributed by atoms with van der Waals surface area (Å²) in [6, 6.07) is 5.68. The van der Waals surface area contributed by atoms with E-state index in [4.69, 9.17) is 0 Å². The molecule has 0 fully saturated rings. The zero-order valence-electron chi connectivity index (χ0n) is 18.8. The Hall–Kier alpha value is -3.31. The summed E-state index contributed by atoms with van der Waals surface area (Å²) < 4.78 is 66.8. The van der Waals surface area contributed by atoms with Crippen LogP contribution in [0.2, 0.25) is 0 Å². The molecule has 186 valence electrons. The number of pyridine rings is 2. The van der Waals surface area contributed by atoms with Crippen LogP contribution in [0.5, 0.6) is 5.88 Å². The largest absolute Gasteiger partial charge is 0.471 e. The van der Waals surface area contributed by atoms with E-state index >= 15 is 0 Å². The summed E-state index contributed by atoms with van der Waals surface area (Å²) in [5.41, 5.74) is 0.723. The lowest BCUT2D eigenvalue weighted by Gasteiger charge is -2.19. The van der Waals surface area contributed by atoms with Gasteiger partial charge in [0.2, 0.25) is 11.8 Å². The zero-order valence-corrected chi connectivity index (χ0v) is 18.8. The van der Waals surface area contributed by atoms with Gasteiger partial charge < -0.3 is 15.4 Å². The Bertz CT molecular complexity index is 989. The Labute approximate surface area is 193 Å². The van der Waals surface area contributed by atoms with Crippen molar-refractivity contribution in [1.29, 1.82) is 0 Å². The van der Waals surface area contributed by atoms with Crippen molar-refractivity contribution in [1.82, 2.24) is 20.6 Å². The van der Waals surface area contributed by atoms with E-state index in [-0.39, 0.29) is 12.5 Å². The van der Waals surface area contributed by atoms with E-state index in [2.05, 4.69) is 25.3 Å². The van der Waals surface area contributed by atoms with Gasteiger partial charge in [-0.3, -0.25) is 14.6 Å². The van der Waals surface area contributed by atoms with Crippen LogP contribution in [0.25, 0.3) is 0 Å². The molecule has 2 rings (SSSR count). The molecular weight excluding hydrogens is 463 g/mol. The molecule has 0 aliphatic rings. The molecule has 2 N–H and O–H groups in total. The maximum absolute atomic E-state index is 12.9.